The second-order valence-electron chi connectivity index (χ2n) is 10.0. The Balaban J connectivity index is 1.73. The average Bonchev–Trinajstić information content (AvgIpc) is 3.23. The number of amides is 1. The first-order chi connectivity index (χ1) is 16.8. The Kier molecular flexibility index (Phi) is 7.49. The summed E-state index contributed by atoms with van der Waals surface area (Å²) in [6.07, 6.45) is 4.85. The lowest BCUT2D eigenvalue weighted by Gasteiger charge is -2.26. The molecule has 0 bridgehead atoms. The first-order valence-electron chi connectivity index (χ1n) is 12.0. The highest BCUT2D eigenvalue weighted by Gasteiger charge is 2.26. The summed E-state index contributed by atoms with van der Waals surface area (Å²) in [6, 6.07) is 20.0. The molecule has 6 nitrogen and oxygen atoms in total. The van der Waals surface area contributed by atoms with Crippen LogP contribution < -0.4 is 5.32 Å². The van der Waals surface area contributed by atoms with Gasteiger partial charge in [0.1, 0.15) is 5.60 Å². The molecular formula is C29H32N2O4. The zero-order valence-electron chi connectivity index (χ0n) is 20.5. The maximum atomic E-state index is 12.9. The fourth-order valence-corrected chi connectivity index (χ4v) is 4.39. The number of nitrogens with one attached hydrogen (secondary N) is 1. The number of alkyl carbamates (subject to hydrolysis) is 1. The van der Waals surface area contributed by atoms with Crippen molar-refractivity contribution in [3.63, 3.8) is 0 Å². The van der Waals surface area contributed by atoms with E-state index in [9.17, 15) is 9.59 Å². The van der Waals surface area contributed by atoms with Crippen molar-refractivity contribution in [1.29, 1.82) is 0 Å². The number of rotatable bonds is 7. The van der Waals surface area contributed by atoms with Gasteiger partial charge in [-0.25, -0.2) is 4.79 Å². The van der Waals surface area contributed by atoms with E-state index < -0.39 is 11.7 Å². The fourth-order valence-electron chi connectivity index (χ4n) is 4.39. The third kappa shape index (κ3) is 6.92. The van der Waals surface area contributed by atoms with Crippen molar-refractivity contribution in [3.05, 3.63) is 89.7 Å². The molecule has 1 saturated heterocycles. The first-order valence-corrected chi connectivity index (χ1v) is 12.0. The van der Waals surface area contributed by atoms with Crippen LogP contribution in [-0.4, -0.2) is 29.3 Å². The maximum Gasteiger partial charge on any atom is 0.408 e. The van der Waals surface area contributed by atoms with Crippen LogP contribution in [0.1, 0.15) is 49.9 Å². The number of carbonyl (C=O) groups excluding carboxylic acids is 2. The van der Waals surface area contributed by atoms with E-state index in [-0.39, 0.29) is 17.9 Å². The summed E-state index contributed by atoms with van der Waals surface area (Å²) < 4.78 is 10.8. The van der Waals surface area contributed by atoms with Gasteiger partial charge in [0.05, 0.1) is 19.1 Å². The number of nitrogens with zero attached hydrogens (tertiary/aromatic N) is 1. The number of carbonyl (C=O) groups is 2. The molecule has 0 radical (unpaired) electrons. The number of ether oxygens (including phenoxy) is 2. The smallest absolute Gasteiger partial charge is 0.408 e. The Morgan fingerprint density at radius 3 is 2.49 bits per heavy atom. The van der Waals surface area contributed by atoms with Crippen molar-refractivity contribution in [2.75, 3.05) is 6.61 Å². The molecule has 1 aromatic heterocycles. The molecular weight excluding hydrogens is 440 g/mol. The van der Waals surface area contributed by atoms with Gasteiger partial charge in [0.15, 0.2) is 0 Å². The van der Waals surface area contributed by atoms with Gasteiger partial charge in [-0.1, -0.05) is 48.5 Å². The van der Waals surface area contributed by atoms with Gasteiger partial charge in [0.25, 0.3) is 0 Å². The SMILES string of the molecule is CC(C)(C)OC(=O)N[C@@H](Cc1ccccc1)c1cc(C[C@@H]2COC(=O)C2)ccc1-c1ccncc1. The lowest BCUT2D eigenvalue weighted by molar-refractivity contribution is -0.137. The van der Waals surface area contributed by atoms with Crippen molar-refractivity contribution >= 4 is 12.1 Å². The van der Waals surface area contributed by atoms with Gasteiger partial charge in [-0.15, -0.1) is 0 Å². The molecule has 6 heteroatoms. The number of hydrogen-bond acceptors (Lipinski definition) is 5. The van der Waals surface area contributed by atoms with E-state index in [1.54, 1.807) is 12.4 Å². The summed E-state index contributed by atoms with van der Waals surface area (Å²) in [5.74, 6) is 0.0192. The topological polar surface area (TPSA) is 77.5 Å². The Labute approximate surface area is 206 Å². The second-order valence-corrected chi connectivity index (χ2v) is 10.0. The number of benzene rings is 2. The number of hydrogen-bond donors (Lipinski definition) is 1. The molecule has 0 aliphatic carbocycles. The van der Waals surface area contributed by atoms with Crippen LogP contribution in [0.5, 0.6) is 0 Å². The molecule has 2 aromatic carbocycles. The van der Waals surface area contributed by atoms with Crippen LogP contribution in [0.2, 0.25) is 0 Å². The molecule has 1 N–H and O–H groups in total. The predicted molar refractivity (Wildman–Crippen MR) is 135 cm³/mol. The zero-order chi connectivity index (χ0) is 24.8. The van der Waals surface area contributed by atoms with E-state index in [1.807, 2.05) is 51.1 Å². The normalized spacial score (nSPS) is 16.4. The van der Waals surface area contributed by atoms with Crippen LogP contribution in [-0.2, 0) is 27.1 Å². The van der Waals surface area contributed by atoms with Crippen LogP contribution >= 0.6 is 0 Å². The zero-order valence-corrected chi connectivity index (χ0v) is 20.5. The molecule has 1 amide bonds. The van der Waals surface area contributed by atoms with Crippen LogP contribution in [0.3, 0.4) is 0 Å². The highest BCUT2D eigenvalue weighted by Crippen LogP contribution is 2.33. The Morgan fingerprint density at radius 1 is 1.09 bits per heavy atom. The minimum Gasteiger partial charge on any atom is -0.465 e. The van der Waals surface area contributed by atoms with Gasteiger partial charge in [0, 0.05) is 18.3 Å². The summed E-state index contributed by atoms with van der Waals surface area (Å²) in [6.45, 7) is 6.01. The maximum absolute atomic E-state index is 12.9. The largest absolute Gasteiger partial charge is 0.465 e. The Morgan fingerprint density at radius 2 is 1.83 bits per heavy atom. The van der Waals surface area contributed by atoms with Crippen LogP contribution in [0.15, 0.2) is 73.1 Å². The van der Waals surface area contributed by atoms with Gasteiger partial charge in [-0.2, -0.15) is 0 Å². The van der Waals surface area contributed by atoms with E-state index >= 15 is 0 Å². The van der Waals surface area contributed by atoms with Crippen molar-refractivity contribution < 1.29 is 19.1 Å². The summed E-state index contributed by atoms with van der Waals surface area (Å²) in [5, 5.41) is 3.12. The van der Waals surface area contributed by atoms with E-state index in [0.717, 1.165) is 34.2 Å². The number of cyclic esters (lactones) is 1. The summed E-state index contributed by atoms with van der Waals surface area (Å²) >= 11 is 0. The number of aromatic nitrogens is 1. The molecule has 4 rings (SSSR count). The van der Waals surface area contributed by atoms with Crippen molar-refractivity contribution in [1.82, 2.24) is 10.3 Å². The molecule has 182 valence electrons. The van der Waals surface area contributed by atoms with Gasteiger partial charge in [-0.05, 0) is 73.6 Å². The molecule has 0 saturated carbocycles. The highest BCUT2D eigenvalue weighted by atomic mass is 16.6. The molecule has 1 aliphatic heterocycles. The van der Waals surface area contributed by atoms with Crippen LogP contribution in [0, 0.1) is 5.92 Å². The fraction of sp³-hybridized carbons (Fsp3) is 0.345. The molecule has 0 spiro atoms. The number of esters is 1. The van der Waals surface area contributed by atoms with Gasteiger partial charge in [0.2, 0.25) is 0 Å². The van der Waals surface area contributed by atoms with Crippen molar-refractivity contribution in [2.24, 2.45) is 5.92 Å². The molecule has 3 aromatic rings. The average molecular weight is 473 g/mol. The minimum atomic E-state index is -0.605. The third-order valence-corrected chi connectivity index (χ3v) is 5.92. The molecule has 2 heterocycles. The minimum absolute atomic E-state index is 0.142. The summed E-state index contributed by atoms with van der Waals surface area (Å²) in [4.78, 5) is 28.6. The Bertz CT molecular complexity index is 1160. The molecule has 1 fully saturated rings. The van der Waals surface area contributed by atoms with E-state index in [0.29, 0.717) is 19.4 Å². The molecule has 1 aliphatic rings. The van der Waals surface area contributed by atoms with Gasteiger partial charge in [-0.3, -0.25) is 9.78 Å². The first kappa shape index (κ1) is 24.5. The lowest BCUT2D eigenvalue weighted by atomic mass is 9.88. The van der Waals surface area contributed by atoms with E-state index in [2.05, 4.69) is 40.6 Å². The third-order valence-electron chi connectivity index (χ3n) is 5.92. The second kappa shape index (κ2) is 10.7. The van der Waals surface area contributed by atoms with Gasteiger partial charge < -0.3 is 14.8 Å². The lowest BCUT2D eigenvalue weighted by Crippen LogP contribution is -2.36. The van der Waals surface area contributed by atoms with Crippen molar-refractivity contribution in [3.8, 4) is 11.1 Å². The Hall–Kier alpha value is -3.67. The van der Waals surface area contributed by atoms with Crippen molar-refractivity contribution in [2.45, 2.75) is 51.7 Å². The molecule has 35 heavy (non-hydrogen) atoms. The van der Waals surface area contributed by atoms with E-state index in [4.69, 9.17) is 9.47 Å². The monoisotopic (exact) mass is 472 g/mol. The molecule has 0 unspecified atom stereocenters. The van der Waals surface area contributed by atoms with Crippen LogP contribution in [0.25, 0.3) is 11.1 Å². The van der Waals surface area contributed by atoms with E-state index in [1.165, 1.54) is 0 Å². The quantitative estimate of drug-likeness (QED) is 0.449. The standard InChI is InChI=1S/C29H32N2O4/c1-29(2,3)35-28(33)31-26(17-20-7-5-4-6-8-20)25-16-21(15-22-18-27(32)34-19-22)9-10-24(25)23-11-13-30-14-12-23/h4-14,16,22,26H,15,17-19H2,1-3H3,(H,31,33)/t22-,26-/m0/s1. The number of pyridine rings is 1. The molecule has 2 atom stereocenters. The van der Waals surface area contributed by atoms with Crippen LogP contribution in [0.4, 0.5) is 4.79 Å². The summed E-state index contributed by atoms with van der Waals surface area (Å²) in [7, 11) is 0. The van der Waals surface area contributed by atoms with Gasteiger partial charge >= 0.3 is 12.1 Å². The summed E-state index contributed by atoms with van der Waals surface area (Å²) in [5.41, 5.74) is 4.64. The highest BCUT2D eigenvalue weighted by molar-refractivity contribution is 5.73. The predicted octanol–water partition coefficient (Wildman–Crippen LogP) is 5.66.